The van der Waals surface area contributed by atoms with Crippen molar-refractivity contribution in [2.45, 2.75) is 6.54 Å². The zero-order chi connectivity index (χ0) is 9.84. The van der Waals surface area contributed by atoms with E-state index in [-0.39, 0.29) is 18.8 Å². The minimum Gasteiger partial charge on any atom is -0.395 e. The summed E-state index contributed by atoms with van der Waals surface area (Å²) in [5.74, 6) is 0. The van der Waals surface area contributed by atoms with Crippen LogP contribution in [0.1, 0.15) is 0 Å². The van der Waals surface area contributed by atoms with Gasteiger partial charge in [-0.25, -0.2) is 4.79 Å². The molecule has 0 aromatic carbocycles. The summed E-state index contributed by atoms with van der Waals surface area (Å²) in [6, 6.07) is 0. The predicted molar refractivity (Wildman–Crippen MR) is 42.2 cm³/mol. The normalized spacial score (nSPS) is 9.92. The molecule has 1 aromatic rings. The van der Waals surface area contributed by atoms with Gasteiger partial charge in [0.1, 0.15) is 6.20 Å². The molecule has 1 heterocycles. The molecule has 0 aliphatic heterocycles. The lowest BCUT2D eigenvalue weighted by molar-refractivity contribution is -0.385. The van der Waals surface area contributed by atoms with Crippen LogP contribution in [0.4, 0.5) is 5.69 Å². The molecule has 0 amide bonds. The van der Waals surface area contributed by atoms with E-state index >= 15 is 0 Å². The second-order valence-corrected chi connectivity index (χ2v) is 2.27. The van der Waals surface area contributed by atoms with E-state index in [1.807, 2.05) is 0 Å². The van der Waals surface area contributed by atoms with Crippen LogP contribution in [-0.4, -0.2) is 26.2 Å². The highest BCUT2D eigenvalue weighted by Gasteiger charge is 2.07. The smallest absolute Gasteiger partial charge is 0.348 e. The number of aliphatic hydroxyl groups excluding tert-OH is 1. The molecular weight excluding hydrogens is 178 g/mol. The van der Waals surface area contributed by atoms with E-state index < -0.39 is 10.6 Å². The number of nitrogens with zero attached hydrogens (tertiary/aromatic N) is 3. The molecule has 13 heavy (non-hydrogen) atoms. The predicted octanol–water partition coefficient (Wildman–Crippen LogP) is -0.856. The molecule has 7 nitrogen and oxygen atoms in total. The highest BCUT2D eigenvalue weighted by atomic mass is 16.6. The molecule has 7 heteroatoms. The van der Waals surface area contributed by atoms with Crippen molar-refractivity contribution in [3.8, 4) is 0 Å². The molecule has 0 aliphatic carbocycles. The SMILES string of the molecule is O=c1ncc([N+](=O)[O-])cn1CCO. The minimum absolute atomic E-state index is 0.00745. The Labute approximate surface area is 72.4 Å². The van der Waals surface area contributed by atoms with E-state index in [4.69, 9.17) is 5.11 Å². The summed E-state index contributed by atoms with van der Waals surface area (Å²) in [6.45, 7) is -0.254. The van der Waals surface area contributed by atoms with Crippen molar-refractivity contribution in [1.29, 1.82) is 0 Å². The van der Waals surface area contributed by atoms with Crippen LogP contribution in [0, 0.1) is 10.1 Å². The van der Waals surface area contributed by atoms with Gasteiger partial charge in [0.25, 0.3) is 0 Å². The second-order valence-electron chi connectivity index (χ2n) is 2.27. The molecule has 1 rings (SSSR count). The van der Waals surface area contributed by atoms with Gasteiger partial charge in [0.2, 0.25) is 0 Å². The largest absolute Gasteiger partial charge is 0.395 e. The van der Waals surface area contributed by atoms with Gasteiger partial charge >= 0.3 is 11.4 Å². The van der Waals surface area contributed by atoms with Crippen molar-refractivity contribution >= 4 is 5.69 Å². The number of nitro groups is 1. The average molecular weight is 185 g/mol. The van der Waals surface area contributed by atoms with E-state index in [1.54, 1.807) is 0 Å². The second kappa shape index (κ2) is 3.76. The maximum atomic E-state index is 10.9. The van der Waals surface area contributed by atoms with Gasteiger partial charge in [0.05, 0.1) is 24.3 Å². The Morgan fingerprint density at radius 2 is 2.38 bits per heavy atom. The van der Waals surface area contributed by atoms with E-state index in [0.29, 0.717) is 0 Å². The molecule has 0 bridgehead atoms. The fourth-order valence-corrected chi connectivity index (χ4v) is 0.806. The number of aliphatic hydroxyl groups is 1. The zero-order valence-electron chi connectivity index (χ0n) is 6.58. The molecule has 1 N–H and O–H groups in total. The van der Waals surface area contributed by atoms with Gasteiger partial charge in [-0.3, -0.25) is 14.7 Å². The zero-order valence-corrected chi connectivity index (χ0v) is 6.58. The van der Waals surface area contributed by atoms with Crippen LogP contribution in [0.5, 0.6) is 0 Å². The highest BCUT2D eigenvalue weighted by molar-refractivity contribution is 5.20. The third kappa shape index (κ3) is 2.09. The van der Waals surface area contributed by atoms with Crippen molar-refractivity contribution in [2.24, 2.45) is 0 Å². The van der Waals surface area contributed by atoms with E-state index in [2.05, 4.69) is 4.98 Å². The topological polar surface area (TPSA) is 98.3 Å². The molecule has 1 aromatic heterocycles. The Balaban J connectivity index is 3.11. The summed E-state index contributed by atoms with van der Waals surface area (Å²) < 4.78 is 0.984. The van der Waals surface area contributed by atoms with Crippen LogP contribution in [0.2, 0.25) is 0 Å². The van der Waals surface area contributed by atoms with Crippen molar-refractivity contribution in [2.75, 3.05) is 6.61 Å². The van der Waals surface area contributed by atoms with Crippen molar-refractivity contribution in [1.82, 2.24) is 9.55 Å². The molecule has 0 aliphatic rings. The van der Waals surface area contributed by atoms with E-state index in [0.717, 1.165) is 17.0 Å². The van der Waals surface area contributed by atoms with Gasteiger partial charge in [0, 0.05) is 0 Å². The molecule has 0 atom stereocenters. The van der Waals surface area contributed by atoms with Crippen LogP contribution in [0.3, 0.4) is 0 Å². The fourth-order valence-electron chi connectivity index (χ4n) is 0.806. The lowest BCUT2D eigenvalue weighted by atomic mass is 10.5. The Bertz CT molecular complexity index is 372. The molecule has 0 spiro atoms. The molecule has 0 saturated carbocycles. The molecule has 0 unspecified atom stereocenters. The van der Waals surface area contributed by atoms with Crippen molar-refractivity contribution in [3.63, 3.8) is 0 Å². The third-order valence-electron chi connectivity index (χ3n) is 1.39. The van der Waals surface area contributed by atoms with Crippen LogP contribution in [0.15, 0.2) is 17.2 Å². The summed E-state index contributed by atoms with van der Waals surface area (Å²) in [4.78, 5) is 23.8. The van der Waals surface area contributed by atoms with Crippen molar-refractivity contribution in [3.05, 3.63) is 33.0 Å². The first kappa shape index (κ1) is 9.33. The van der Waals surface area contributed by atoms with Gasteiger partial charge in [0.15, 0.2) is 0 Å². The summed E-state index contributed by atoms with van der Waals surface area (Å²) >= 11 is 0. The quantitative estimate of drug-likeness (QED) is 0.488. The summed E-state index contributed by atoms with van der Waals surface area (Å²) in [5.41, 5.74) is -0.882. The highest BCUT2D eigenvalue weighted by Crippen LogP contribution is 2.03. The van der Waals surface area contributed by atoms with E-state index in [1.165, 1.54) is 0 Å². The lowest BCUT2D eigenvalue weighted by Gasteiger charge is -1.99. The Kier molecular flexibility index (Phi) is 2.70. The van der Waals surface area contributed by atoms with Gasteiger partial charge in [-0.05, 0) is 0 Å². The number of rotatable bonds is 3. The Morgan fingerprint density at radius 3 is 2.92 bits per heavy atom. The van der Waals surface area contributed by atoms with Gasteiger partial charge < -0.3 is 5.11 Å². The maximum Gasteiger partial charge on any atom is 0.348 e. The molecule has 70 valence electrons. The first-order valence-electron chi connectivity index (χ1n) is 3.47. The van der Waals surface area contributed by atoms with Gasteiger partial charge in [-0.15, -0.1) is 0 Å². The van der Waals surface area contributed by atoms with Crippen LogP contribution in [0.25, 0.3) is 0 Å². The molecule has 0 saturated heterocycles. The number of hydrogen-bond donors (Lipinski definition) is 1. The van der Waals surface area contributed by atoms with Crippen molar-refractivity contribution < 1.29 is 10.0 Å². The molecule has 0 fully saturated rings. The monoisotopic (exact) mass is 185 g/mol. The summed E-state index contributed by atoms with van der Waals surface area (Å²) in [6.07, 6.45) is 1.93. The van der Waals surface area contributed by atoms with Crippen LogP contribution >= 0.6 is 0 Å². The summed E-state index contributed by atoms with van der Waals surface area (Å²) in [5, 5.41) is 18.8. The summed E-state index contributed by atoms with van der Waals surface area (Å²) in [7, 11) is 0. The average Bonchev–Trinajstić information content (AvgIpc) is 2.08. The maximum absolute atomic E-state index is 10.9. The Morgan fingerprint density at radius 1 is 1.69 bits per heavy atom. The minimum atomic E-state index is -0.652. The number of hydrogen-bond acceptors (Lipinski definition) is 5. The number of aromatic nitrogens is 2. The fraction of sp³-hybridized carbons (Fsp3) is 0.333. The standard InChI is InChI=1S/C6H7N3O4/c10-2-1-8-4-5(9(12)13)3-7-6(8)11/h3-4,10H,1-2H2. The van der Waals surface area contributed by atoms with Gasteiger partial charge in [-0.2, -0.15) is 4.98 Å². The van der Waals surface area contributed by atoms with Crippen LogP contribution < -0.4 is 5.69 Å². The van der Waals surface area contributed by atoms with Gasteiger partial charge in [-0.1, -0.05) is 0 Å². The Hall–Kier alpha value is -1.76. The third-order valence-corrected chi connectivity index (χ3v) is 1.39. The molecule has 0 radical (unpaired) electrons. The van der Waals surface area contributed by atoms with E-state index in [9.17, 15) is 14.9 Å². The lowest BCUT2D eigenvalue weighted by Crippen LogP contribution is -2.23. The first-order chi connectivity index (χ1) is 6.15. The molecular formula is C6H7N3O4. The van der Waals surface area contributed by atoms with Crippen LogP contribution in [-0.2, 0) is 6.54 Å². The first-order valence-corrected chi connectivity index (χ1v) is 3.47.